The Morgan fingerprint density at radius 3 is 2.55 bits per heavy atom. The molecule has 1 fully saturated rings. The Hall–Kier alpha value is -1.06. The van der Waals surface area contributed by atoms with E-state index < -0.39 is 0 Å². The second-order valence-electron chi connectivity index (χ2n) is 5.81. The monoisotopic (exact) mass is 278 g/mol. The van der Waals surface area contributed by atoms with Crippen molar-refractivity contribution >= 4 is 0 Å². The molecule has 2 rings (SSSR count). The molecule has 0 bridgehead atoms. The first-order valence-corrected chi connectivity index (χ1v) is 7.81. The lowest BCUT2D eigenvalue weighted by Crippen LogP contribution is -2.31. The third-order valence-electron chi connectivity index (χ3n) is 4.02. The van der Waals surface area contributed by atoms with Gasteiger partial charge < -0.3 is 14.9 Å². The molecule has 1 aromatic carbocycles. The fourth-order valence-corrected chi connectivity index (χ4v) is 2.88. The van der Waals surface area contributed by atoms with Crippen LogP contribution in [-0.2, 0) is 4.74 Å². The summed E-state index contributed by atoms with van der Waals surface area (Å²) >= 11 is 0. The quantitative estimate of drug-likeness (QED) is 0.775. The third-order valence-corrected chi connectivity index (χ3v) is 4.02. The van der Waals surface area contributed by atoms with Crippen LogP contribution in [0.3, 0.4) is 0 Å². The number of hydrogen-bond acceptors (Lipinski definition) is 3. The van der Waals surface area contributed by atoms with E-state index in [1.165, 1.54) is 25.7 Å². The SMILES string of the molecule is CCCCCC[C@@H]1C[C@H](O)C[C@H](c2ccc(O)cc2)O1. The topological polar surface area (TPSA) is 49.7 Å². The zero-order valence-electron chi connectivity index (χ0n) is 12.3. The number of phenols is 1. The van der Waals surface area contributed by atoms with Crippen LogP contribution in [0.15, 0.2) is 24.3 Å². The second-order valence-corrected chi connectivity index (χ2v) is 5.81. The molecule has 0 unspecified atom stereocenters. The van der Waals surface area contributed by atoms with E-state index in [1.54, 1.807) is 12.1 Å². The molecule has 0 saturated carbocycles. The Bertz CT molecular complexity index is 388. The van der Waals surface area contributed by atoms with Gasteiger partial charge >= 0.3 is 0 Å². The minimum Gasteiger partial charge on any atom is -0.508 e. The molecule has 1 heterocycles. The molecule has 1 aliphatic rings. The number of ether oxygens (including phenoxy) is 1. The van der Waals surface area contributed by atoms with Gasteiger partial charge in [-0.25, -0.2) is 0 Å². The van der Waals surface area contributed by atoms with Crippen molar-refractivity contribution in [2.45, 2.75) is 70.2 Å². The van der Waals surface area contributed by atoms with Gasteiger partial charge in [-0.15, -0.1) is 0 Å². The summed E-state index contributed by atoms with van der Waals surface area (Å²) in [4.78, 5) is 0. The Balaban J connectivity index is 1.88. The summed E-state index contributed by atoms with van der Waals surface area (Å²) in [7, 11) is 0. The predicted molar refractivity (Wildman–Crippen MR) is 79.7 cm³/mol. The average molecular weight is 278 g/mol. The lowest BCUT2D eigenvalue weighted by molar-refractivity contribution is -0.101. The van der Waals surface area contributed by atoms with Crippen LogP contribution >= 0.6 is 0 Å². The van der Waals surface area contributed by atoms with E-state index in [2.05, 4.69) is 6.92 Å². The third kappa shape index (κ3) is 4.50. The van der Waals surface area contributed by atoms with Crippen LogP contribution in [0.1, 0.15) is 63.5 Å². The van der Waals surface area contributed by atoms with E-state index in [1.807, 2.05) is 12.1 Å². The molecule has 2 N–H and O–H groups in total. The van der Waals surface area contributed by atoms with E-state index in [0.717, 1.165) is 18.4 Å². The number of benzene rings is 1. The van der Waals surface area contributed by atoms with Crippen molar-refractivity contribution < 1.29 is 14.9 Å². The maximum absolute atomic E-state index is 10.0. The molecule has 0 radical (unpaired) electrons. The van der Waals surface area contributed by atoms with Crippen LogP contribution in [0.2, 0.25) is 0 Å². The molecule has 3 heteroatoms. The minimum atomic E-state index is -0.279. The van der Waals surface area contributed by atoms with Gasteiger partial charge in [-0.05, 0) is 30.5 Å². The molecule has 20 heavy (non-hydrogen) atoms. The lowest BCUT2D eigenvalue weighted by atomic mass is 9.94. The molecule has 0 spiro atoms. The van der Waals surface area contributed by atoms with Gasteiger partial charge in [0.1, 0.15) is 5.75 Å². The smallest absolute Gasteiger partial charge is 0.115 e. The zero-order chi connectivity index (χ0) is 14.4. The molecule has 3 nitrogen and oxygen atoms in total. The number of hydrogen-bond donors (Lipinski definition) is 2. The summed E-state index contributed by atoms with van der Waals surface area (Å²) in [5.74, 6) is 0.265. The van der Waals surface area contributed by atoms with Crippen LogP contribution in [-0.4, -0.2) is 22.4 Å². The number of aromatic hydroxyl groups is 1. The molecule has 3 atom stereocenters. The Labute approximate surface area is 121 Å². The summed E-state index contributed by atoms with van der Waals surface area (Å²) in [5.41, 5.74) is 1.04. The van der Waals surface area contributed by atoms with E-state index in [4.69, 9.17) is 4.74 Å². The molecule has 0 amide bonds. The molecular formula is C17H26O3. The average Bonchev–Trinajstić information content (AvgIpc) is 2.44. The van der Waals surface area contributed by atoms with Crippen molar-refractivity contribution in [2.24, 2.45) is 0 Å². The van der Waals surface area contributed by atoms with E-state index in [9.17, 15) is 10.2 Å². The minimum absolute atomic E-state index is 0.0458. The predicted octanol–water partition coefficient (Wildman–Crippen LogP) is 3.94. The first-order chi connectivity index (χ1) is 9.69. The highest BCUT2D eigenvalue weighted by Crippen LogP contribution is 2.33. The normalized spacial score (nSPS) is 26.6. The van der Waals surface area contributed by atoms with Gasteiger partial charge in [0, 0.05) is 6.42 Å². The maximum Gasteiger partial charge on any atom is 0.115 e. The van der Waals surface area contributed by atoms with Crippen molar-refractivity contribution in [2.75, 3.05) is 0 Å². The Kier molecular flexibility index (Phi) is 5.86. The molecule has 1 saturated heterocycles. The van der Waals surface area contributed by atoms with Crippen LogP contribution in [0.25, 0.3) is 0 Å². The van der Waals surface area contributed by atoms with Gasteiger partial charge in [0.15, 0.2) is 0 Å². The first-order valence-electron chi connectivity index (χ1n) is 7.81. The summed E-state index contributed by atoms with van der Waals surface area (Å²) < 4.78 is 6.12. The fraction of sp³-hybridized carbons (Fsp3) is 0.647. The molecular weight excluding hydrogens is 252 g/mol. The van der Waals surface area contributed by atoms with Crippen molar-refractivity contribution in [3.05, 3.63) is 29.8 Å². The number of phenolic OH excluding ortho intramolecular Hbond substituents is 1. The summed E-state index contributed by atoms with van der Waals surface area (Å²) in [6.45, 7) is 2.21. The van der Waals surface area contributed by atoms with Gasteiger partial charge in [-0.1, -0.05) is 44.7 Å². The van der Waals surface area contributed by atoms with Crippen molar-refractivity contribution in [3.63, 3.8) is 0 Å². The standard InChI is InChI=1S/C17H26O3/c1-2-3-4-5-6-16-11-15(19)12-17(20-16)13-7-9-14(18)10-8-13/h7-10,15-19H,2-6,11-12H2,1H3/t15-,16+,17+/m0/s1. The van der Waals surface area contributed by atoms with Crippen LogP contribution in [0, 0.1) is 0 Å². The van der Waals surface area contributed by atoms with Gasteiger partial charge in [0.05, 0.1) is 18.3 Å². The van der Waals surface area contributed by atoms with Crippen molar-refractivity contribution in [3.8, 4) is 5.75 Å². The van der Waals surface area contributed by atoms with Gasteiger partial charge in [0.25, 0.3) is 0 Å². The lowest BCUT2D eigenvalue weighted by Gasteiger charge is -2.33. The van der Waals surface area contributed by atoms with Gasteiger partial charge in [0.2, 0.25) is 0 Å². The fourth-order valence-electron chi connectivity index (χ4n) is 2.88. The van der Waals surface area contributed by atoms with E-state index in [0.29, 0.717) is 6.42 Å². The molecule has 1 aromatic rings. The number of aliphatic hydroxyl groups excluding tert-OH is 1. The number of unbranched alkanes of at least 4 members (excludes halogenated alkanes) is 3. The Morgan fingerprint density at radius 2 is 1.85 bits per heavy atom. The Morgan fingerprint density at radius 1 is 1.10 bits per heavy atom. The van der Waals surface area contributed by atoms with Crippen LogP contribution in [0.5, 0.6) is 5.75 Å². The molecule has 0 aromatic heterocycles. The zero-order valence-corrected chi connectivity index (χ0v) is 12.3. The molecule has 1 aliphatic heterocycles. The number of aliphatic hydroxyl groups is 1. The number of rotatable bonds is 6. The summed E-state index contributed by atoms with van der Waals surface area (Å²) in [6, 6.07) is 7.12. The van der Waals surface area contributed by atoms with Gasteiger partial charge in [-0.3, -0.25) is 0 Å². The van der Waals surface area contributed by atoms with E-state index in [-0.39, 0.29) is 24.1 Å². The summed E-state index contributed by atoms with van der Waals surface area (Å²) in [6.07, 6.45) is 7.21. The first kappa shape index (κ1) is 15.3. The van der Waals surface area contributed by atoms with Crippen LogP contribution < -0.4 is 0 Å². The van der Waals surface area contributed by atoms with Crippen molar-refractivity contribution in [1.29, 1.82) is 0 Å². The summed E-state index contributed by atoms with van der Waals surface area (Å²) in [5, 5.41) is 19.4. The highest BCUT2D eigenvalue weighted by Gasteiger charge is 2.28. The maximum atomic E-state index is 10.0. The highest BCUT2D eigenvalue weighted by molar-refractivity contribution is 5.27. The van der Waals surface area contributed by atoms with Gasteiger partial charge in [-0.2, -0.15) is 0 Å². The largest absolute Gasteiger partial charge is 0.508 e. The second kappa shape index (κ2) is 7.65. The highest BCUT2D eigenvalue weighted by atomic mass is 16.5. The molecule has 0 aliphatic carbocycles. The van der Waals surface area contributed by atoms with Crippen LogP contribution in [0.4, 0.5) is 0 Å². The van der Waals surface area contributed by atoms with E-state index >= 15 is 0 Å². The van der Waals surface area contributed by atoms with Crippen molar-refractivity contribution in [1.82, 2.24) is 0 Å². The molecule has 112 valence electrons.